The Morgan fingerprint density at radius 1 is 1.25 bits per heavy atom. The van der Waals surface area contributed by atoms with Gasteiger partial charge in [0, 0.05) is 6.04 Å². The summed E-state index contributed by atoms with van der Waals surface area (Å²) >= 11 is 0. The van der Waals surface area contributed by atoms with Gasteiger partial charge in [-0.05, 0) is 43.4 Å². The fourth-order valence-corrected chi connectivity index (χ4v) is 4.21. The van der Waals surface area contributed by atoms with Crippen molar-refractivity contribution in [1.82, 2.24) is 5.32 Å². The molecular weight excluding hydrogens is 272 g/mol. The van der Waals surface area contributed by atoms with Crippen LogP contribution in [0.2, 0.25) is 0 Å². The molecule has 0 saturated carbocycles. The number of rotatable bonds is 6. The molecule has 1 aromatic rings. The maximum atomic E-state index is 12.3. The smallest absolute Gasteiger partial charge is 0.234 e. The third-order valence-electron chi connectivity index (χ3n) is 3.84. The maximum Gasteiger partial charge on any atom is 0.234 e. The fourth-order valence-electron chi connectivity index (χ4n) is 2.73. The van der Waals surface area contributed by atoms with Crippen molar-refractivity contribution in [2.24, 2.45) is 0 Å². The van der Waals surface area contributed by atoms with Crippen molar-refractivity contribution in [2.75, 3.05) is 17.0 Å². The van der Waals surface area contributed by atoms with E-state index in [1.807, 2.05) is 32.0 Å². The van der Waals surface area contributed by atoms with E-state index in [9.17, 15) is 8.42 Å². The molecule has 1 fully saturated rings. The normalized spacial score (nSPS) is 19.2. The van der Waals surface area contributed by atoms with Crippen molar-refractivity contribution < 1.29 is 8.42 Å². The molecule has 0 aromatic heterocycles. The highest BCUT2D eigenvalue weighted by molar-refractivity contribution is 7.92. The van der Waals surface area contributed by atoms with E-state index in [4.69, 9.17) is 0 Å². The van der Waals surface area contributed by atoms with Crippen molar-refractivity contribution in [2.45, 2.75) is 45.6 Å². The summed E-state index contributed by atoms with van der Waals surface area (Å²) in [4.78, 5) is 0. The molecular formula is C15H24N2O2S. The van der Waals surface area contributed by atoms with Crippen LogP contribution in [0.15, 0.2) is 18.2 Å². The molecule has 1 heterocycles. The predicted molar refractivity (Wildman–Crippen MR) is 83.6 cm³/mol. The van der Waals surface area contributed by atoms with Crippen LogP contribution < -0.4 is 10.0 Å². The van der Waals surface area contributed by atoms with E-state index in [-0.39, 0.29) is 11.8 Å². The summed E-state index contributed by atoms with van der Waals surface area (Å²) < 4.78 is 27.5. The molecule has 1 aliphatic rings. The number of benzene rings is 1. The Morgan fingerprint density at radius 3 is 2.40 bits per heavy atom. The molecule has 1 saturated heterocycles. The summed E-state index contributed by atoms with van der Waals surface area (Å²) in [6.07, 6.45) is 3.66. The highest BCUT2D eigenvalue weighted by Crippen LogP contribution is 2.24. The number of para-hydroxylation sites is 1. The molecule has 2 N–H and O–H groups in total. The van der Waals surface area contributed by atoms with Crippen LogP contribution >= 0.6 is 0 Å². The van der Waals surface area contributed by atoms with E-state index in [0.29, 0.717) is 0 Å². The maximum absolute atomic E-state index is 12.3. The monoisotopic (exact) mass is 296 g/mol. The van der Waals surface area contributed by atoms with Crippen LogP contribution in [0.5, 0.6) is 0 Å². The van der Waals surface area contributed by atoms with Gasteiger partial charge in [-0.15, -0.1) is 0 Å². The van der Waals surface area contributed by atoms with Gasteiger partial charge in [-0.3, -0.25) is 4.72 Å². The van der Waals surface area contributed by atoms with E-state index in [0.717, 1.165) is 49.0 Å². The lowest BCUT2D eigenvalue weighted by molar-refractivity contribution is 0.581. The minimum Gasteiger partial charge on any atom is -0.313 e. The van der Waals surface area contributed by atoms with Crippen molar-refractivity contribution in [3.63, 3.8) is 0 Å². The van der Waals surface area contributed by atoms with E-state index in [2.05, 4.69) is 10.0 Å². The summed E-state index contributed by atoms with van der Waals surface area (Å²) in [7, 11) is -3.30. The molecule has 0 amide bonds. The second kappa shape index (κ2) is 6.59. The second-order valence-corrected chi connectivity index (χ2v) is 7.10. The van der Waals surface area contributed by atoms with Gasteiger partial charge >= 0.3 is 0 Å². The Hall–Kier alpha value is -1.07. The summed E-state index contributed by atoms with van der Waals surface area (Å²) in [5.41, 5.74) is 2.91. The Labute approximate surface area is 122 Å². The Bertz CT molecular complexity index is 527. The molecule has 0 spiro atoms. The Morgan fingerprint density at radius 2 is 1.90 bits per heavy atom. The van der Waals surface area contributed by atoms with Crippen LogP contribution in [0.25, 0.3) is 0 Å². The van der Waals surface area contributed by atoms with Crippen molar-refractivity contribution in [3.8, 4) is 0 Å². The van der Waals surface area contributed by atoms with E-state index in [1.54, 1.807) is 0 Å². The highest BCUT2D eigenvalue weighted by atomic mass is 32.2. The topological polar surface area (TPSA) is 58.2 Å². The van der Waals surface area contributed by atoms with Crippen LogP contribution in [0.4, 0.5) is 5.69 Å². The standard InChI is InChI=1S/C15H24N2O2S/c1-3-12-7-5-8-13(4-2)15(12)17-20(18,19)11-14-9-6-10-16-14/h5,7-8,14,16-17H,3-4,6,9-11H2,1-2H3. The van der Waals surface area contributed by atoms with Gasteiger partial charge in [0.25, 0.3) is 0 Å². The van der Waals surface area contributed by atoms with Crippen LogP contribution in [-0.2, 0) is 22.9 Å². The summed E-state index contributed by atoms with van der Waals surface area (Å²) in [6.45, 7) is 5.02. The number of hydrogen-bond acceptors (Lipinski definition) is 3. The Balaban J connectivity index is 2.19. The number of aryl methyl sites for hydroxylation is 2. The predicted octanol–water partition coefficient (Wildman–Crippen LogP) is 2.31. The highest BCUT2D eigenvalue weighted by Gasteiger charge is 2.23. The molecule has 5 heteroatoms. The molecule has 1 atom stereocenters. The van der Waals surface area contributed by atoms with Crippen LogP contribution in [0.1, 0.15) is 37.8 Å². The number of sulfonamides is 1. The third kappa shape index (κ3) is 3.73. The van der Waals surface area contributed by atoms with Gasteiger partial charge in [0.05, 0.1) is 11.4 Å². The lowest BCUT2D eigenvalue weighted by Gasteiger charge is -2.17. The van der Waals surface area contributed by atoms with Gasteiger partial charge in [0.2, 0.25) is 10.0 Å². The number of nitrogens with one attached hydrogen (secondary N) is 2. The quantitative estimate of drug-likeness (QED) is 0.847. The summed E-state index contributed by atoms with van der Waals surface area (Å²) in [5, 5.41) is 3.24. The second-order valence-electron chi connectivity index (χ2n) is 5.34. The average Bonchev–Trinajstić information content (AvgIpc) is 2.90. The van der Waals surface area contributed by atoms with Gasteiger partial charge in [-0.1, -0.05) is 32.0 Å². The zero-order valence-corrected chi connectivity index (χ0v) is 13.1. The van der Waals surface area contributed by atoms with Gasteiger partial charge in [0.15, 0.2) is 0 Å². The molecule has 0 aliphatic carbocycles. The molecule has 0 bridgehead atoms. The average molecular weight is 296 g/mol. The first-order chi connectivity index (χ1) is 9.55. The first kappa shape index (κ1) is 15.3. The third-order valence-corrected chi connectivity index (χ3v) is 5.20. The zero-order valence-electron chi connectivity index (χ0n) is 12.3. The number of hydrogen-bond donors (Lipinski definition) is 2. The van der Waals surface area contributed by atoms with Crippen molar-refractivity contribution in [1.29, 1.82) is 0 Å². The molecule has 20 heavy (non-hydrogen) atoms. The van der Waals surface area contributed by atoms with Crippen molar-refractivity contribution in [3.05, 3.63) is 29.3 Å². The van der Waals surface area contributed by atoms with Crippen LogP contribution in [0, 0.1) is 0 Å². The minimum atomic E-state index is -3.30. The molecule has 1 unspecified atom stereocenters. The van der Waals surface area contributed by atoms with Crippen LogP contribution in [0.3, 0.4) is 0 Å². The van der Waals surface area contributed by atoms with Gasteiger partial charge in [-0.25, -0.2) is 8.42 Å². The van der Waals surface area contributed by atoms with Gasteiger partial charge < -0.3 is 5.32 Å². The first-order valence-electron chi connectivity index (χ1n) is 7.40. The van der Waals surface area contributed by atoms with E-state index >= 15 is 0 Å². The molecule has 2 rings (SSSR count). The molecule has 0 radical (unpaired) electrons. The Kier molecular flexibility index (Phi) is 5.05. The summed E-state index contributed by atoms with van der Waals surface area (Å²) in [6, 6.07) is 6.07. The minimum absolute atomic E-state index is 0.0892. The lowest BCUT2D eigenvalue weighted by Crippen LogP contribution is -2.33. The van der Waals surface area contributed by atoms with Gasteiger partial charge in [-0.2, -0.15) is 0 Å². The molecule has 1 aromatic carbocycles. The lowest BCUT2D eigenvalue weighted by atomic mass is 10.0. The van der Waals surface area contributed by atoms with Gasteiger partial charge in [0.1, 0.15) is 0 Å². The molecule has 1 aliphatic heterocycles. The van der Waals surface area contributed by atoms with E-state index in [1.165, 1.54) is 0 Å². The zero-order chi connectivity index (χ0) is 14.6. The summed E-state index contributed by atoms with van der Waals surface area (Å²) in [5.74, 6) is 0.161. The fraction of sp³-hybridized carbons (Fsp3) is 0.600. The van der Waals surface area contributed by atoms with Crippen molar-refractivity contribution >= 4 is 15.7 Å². The SMILES string of the molecule is CCc1cccc(CC)c1NS(=O)(=O)CC1CCCN1. The largest absolute Gasteiger partial charge is 0.313 e. The molecule has 112 valence electrons. The number of anilines is 1. The van der Waals surface area contributed by atoms with E-state index < -0.39 is 10.0 Å². The molecule has 4 nitrogen and oxygen atoms in total. The first-order valence-corrected chi connectivity index (χ1v) is 9.05. The van der Waals surface area contributed by atoms with Crippen LogP contribution in [-0.4, -0.2) is 26.8 Å².